The van der Waals surface area contributed by atoms with Crippen molar-refractivity contribution in [2.24, 2.45) is 0 Å². The van der Waals surface area contributed by atoms with Gasteiger partial charge in [0.1, 0.15) is 0 Å². The minimum absolute atomic E-state index is 0.168. The van der Waals surface area contributed by atoms with Gasteiger partial charge in [-0.05, 0) is 0 Å². The van der Waals surface area contributed by atoms with Crippen molar-refractivity contribution >= 4 is 5.91 Å². The predicted octanol–water partition coefficient (Wildman–Crippen LogP) is -2.24. The molecule has 0 aromatic rings. The van der Waals surface area contributed by atoms with Crippen LogP contribution in [0.5, 0.6) is 0 Å². The summed E-state index contributed by atoms with van der Waals surface area (Å²) >= 11 is -0.168. The van der Waals surface area contributed by atoms with Crippen LogP contribution in [0.4, 0.5) is 0 Å². The van der Waals surface area contributed by atoms with Crippen molar-refractivity contribution in [1.29, 1.82) is 0 Å². The van der Waals surface area contributed by atoms with Gasteiger partial charge in [-0.25, -0.2) is 0 Å². The van der Waals surface area contributed by atoms with E-state index in [0.29, 0.717) is 5.91 Å². The second-order valence-electron chi connectivity index (χ2n) is 1.83. The van der Waals surface area contributed by atoms with Crippen LogP contribution in [0.25, 0.3) is 0 Å². The summed E-state index contributed by atoms with van der Waals surface area (Å²) in [7, 11) is 0. The van der Waals surface area contributed by atoms with Crippen molar-refractivity contribution in [3.8, 4) is 0 Å². The zero-order chi connectivity index (χ0) is 6.69. The van der Waals surface area contributed by atoms with E-state index in [4.69, 9.17) is 0 Å². The molecule has 0 N–H and O–H groups in total. The second-order valence-corrected chi connectivity index (χ2v) is 4.44. The van der Waals surface area contributed by atoms with Crippen LogP contribution in [0.2, 0.25) is 0 Å². The SMILES string of the molecule is C=C[I-]N1CCCC1=O. The maximum atomic E-state index is 10.9. The quantitative estimate of drug-likeness (QED) is 0.393. The van der Waals surface area contributed by atoms with Crippen LogP contribution >= 0.6 is 0 Å². The van der Waals surface area contributed by atoms with Crippen molar-refractivity contribution in [3.63, 3.8) is 0 Å². The van der Waals surface area contributed by atoms with Crippen LogP contribution < -0.4 is 21.5 Å². The summed E-state index contributed by atoms with van der Waals surface area (Å²) in [6, 6.07) is 0. The van der Waals surface area contributed by atoms with E-state index < -0.39 is 0 Å². The topological polar surface area (TPSA) is 20.3 Å². The summed E-state index contributed by atoms with van der Waals surface area (Å²) in [6.07, 6.45) is 1.81. The van der Waals surface area contributed by atoms with E-state index in [1.54, 1.807) is 0 Å². The van der Waals surface area contributed by atoms with E-state index in [1.807, 2.05) is 7.20 Å². The van der Waals surface area contributed by atoms with Crippen molar-refractivity contribution in [2.45, 2.75) is 12.8 Å². The molecule has 0 atom stereocenters. The zero-order valence-corrected chi connectivity index (χ0v) is 7.30. The first-order chi connectivity index (χ1) is 4.34. The van der Waals surface area contributed by atoms with Crippen LogP contribution in [0.1, 0.15) is 12.8 Å². The number of halogens is 1. The Balaban J connectivity index is 2.39. The van der Waals surface area contributed by atoms with Gasteiger partial charge in [-0.15, -0.1) is 0 Å². The van der Waals surface area contributed by atoms with E-state index in [9.17, 15) is 4.79 Å². The standard InChI is InChI=1S/C6H9INO/c1-2-7-8-5-3-4-6(8)9/h2H,1,3-5H2/q-1. The summed E-state index contributed by atoms with van der Waals surface area (Å²) in [5.41, 5.74) is 0. The number of amides is 1. The van der Waals surface area contributed by atoms with E-state index in [-0.39, 0.29) is 21.5 Å². The number of rotatable bonds is 2. The van der Waals surface area contributed by atoms with Crippen LogP contribution in [0, 0.1) is 0 Å². The first-order valence-electron chi connectivity index (χ1n) is 2.89. The summed E-state index contributed by atoms with van der Waals surface area (Å²) < 4.78 is 3.81. The average Bonchev–Trinajstić information content (AvgIpc) is 2.18. The molecule has 1 rings (SSSR count). The van der Waals surface area contributed by atoms with Crippen LogP contribution in [-0.2, 0) is 4.79 Å². The van der Waals surface area contributed by atoms with Crippen molar-refractivity contribution in [2.75, 3.05) is 6.54 Å². The molecule has 0 unspecified atom stereocenters. The predicted molar refractivity (Wildman–Crippen MR) is 31.1 cm³/mol. The van der Waals surface area contributed by atoms with Crippen molar-refractivity contribution in [3.05, 3.63) is 10.7 Å². The Kier molecular flexibility index (Phi) is 2.50. The van der Waals surface area contributed by atoms with Gasteiger partial charge in [0.2, 0.25) is 0 Å². The summed E-state index contributed by atoms with van der Waals surface area (Å²) in [6.45, 7) is 4.58. The molecule has 1 amide bonds. The average molecular weight is 238 g/mol. The molecule has 2 nitrogen and oxygen atoms in total. The van der Waals surface area contributed by atoms with E-state index >= 15 is 0 Å². The van der Waals surface area contributed by atoms with Gasteiger partial charge in [-0.1, -0.05) is 0 Å². The molecular weight excluding hydrogens is 229 g/mol. The Morgan fingerprint density at radius 3 is 3.00 bits per heavy atom. The third-order valence-electron chi connectivity index (χ3n) is 1.20. The fourth-order valence-electron chi connectivity index (χ4n) is 0.802. The Labute approximate surface area is 65.5 Å². The van der Waals surface area contributed by atoms with Gasteiger partial charge in [-0.2, -0.15) is 0 Å². The summed E-state index contributed by atoms with van der Waals surface area (Å²) in [5, 5.41) is 0. The van der Waals surface area contributed by atoms with Crippen molar-refractivity contribution < 1.29 is 26.3 Å². The molecule has 0 bridgehead atoms. The Bertz CT molecular complexity index is 135. The van der Waals surface area contributed by atoms with Crippen molar-refractivity contribution in [1.82, 2.24) is 3.11 Å². The van der Waals surface area contributed by atoms with E-state index in [1.165, 1.54) is 0 Å². The van der Waals surface area contributed by atoms with Gasteiger partial charge < -0.3 is 0 Å². The first kappa shape index (κ1) is 7.05. The molecule has 52 valence electrons. The molecule has 1 fully saturated rings. The fourth-order valence-corrected chi connectivity index (χ4v) is 2.45. The van der Waals surface area contributed by atoms with Gasteiger partial charge in [0.25, 0.3) is 0 Å². The molecule has 0 aromatic heterocycles. The van der Waals surface area contributed by atoms with Gasteiger partial charge in [0.05, 0.1) is 0 Å². The molecule has 9 heavy (non-hydrogen) atoms. The van der Waals surface area contributed by atoms with Crippen LogP contribution in [0.3, 0.4) is 0 Å². The van der Waals surface area contributed by atoms with Gasteiger partial charge in [0, 0.05) is 0 Å². The number of hydrogen-bond acceptors (Lipinski definition) is 1. The Morgan fingerprint density at radius 2 is 2.56 bits per heavy atom. The Morgan fingerprint density at radius 1 is 1.78 bits per heavy atom. The second kappa shape index (κ2) is 3.20. The molecule has 0 aromatic carbocycles. The third kappa shape index (κ3) is 1.67. The molecule has 1 aliphatic rings. The molecule has 0 saturated carbocycles. The molecule has 1 heterocycles. The number of nitrogens with zero attached hydrogens (tertiary/aromatic N) is 1. The molecule has 0 radical (unpaired) electrons. The molecule has 0 aliphatic carbocycles. The van der Waals surface area contributed by atoms with Gasteiger partial charge >= 0.3 is 65.3 Å². The molecule has 3 heteroatoms. The summed E-state index contributed by atoms with van der Waals surface area (Å²) in [5.74, 6) is 0.322. The molecule has 1 aliphatic heterocycles. The number of carbonyl (C=O) groups excluding carboxylic acids is 1. The normalized spacial score (nSPS) is 19.1. The van der Waals surface area contributed by atoms with Gasteiger partial charge in [-0.3, -0.25) is 0 Å². The fraction of sp³-hybridized carbons (Fsp3) is 0.500. The van der Waals surface area contributed by atoms with Crippen LogP contribution in [-0.4, -0.2) is 15.6 Å². The number of carbonyl (C=O) groups is 1. The first-order valence-corrected chi connectivity index (χ1v) is 5.10. The molecule has 0 spiro atoms. The molecule has 1 saturated heterocycles. The third-order valence-corrected chi connectivity index (χ3v) is 3.29. The maximum absolute atomic E-state index is 10.9. The van der Waals surface area contributed by atoms with E-state index in [0.717, 1.165) is 19.4 Å². The molecular formula is C6H9INO-. The summed E-state index contributed by atoms with van der Waals surface area (Å²) in [4.78, 5) is 10.9. The zero-order valence-electron chi connectivity index (χ0n) is 5.14. The monoisotopic (exact) mass is 238 g/mol. The number of hydrogen-bond donors (Lipinski definition) is 0. The van der Waals surface area contributed by atoms with Gasteiger partial charge in [0.15, 0.2) is 0 Å². The van der Waals surface area contributed by atoms with E-state index in [2.05, 4.69) is 6.58 Å². The Hall–Kier alpha value is -0.0600. The van der Waals surface area contributed by atoms with Crippen LogP contribution in [0.15, 0.2) is 10.7 Å². The minimum atomic E-state index is -0.168.